The Kier molecular flexibility index (Phi) is 6.53. The Hall–Kier alpha value is -0.730. The molecule has 0 saturated heterocycles. The van der Waals surface area contributed by atoms with Crippen LogP contribution >= 0.6 is 12.2 Å². The van der Waals surface area contributed by atoms with E-state index in [-0.39, 0.29) is 5.97 Å². The molecule has 0 aromatic heterocycles. The Morgan fingerprint density at radius 2 is 2.42 bits per heavy atom. The molecule has 68 valence electrons. The third-order valence-electron chi connectivity index (χ3n) is 1.51. The Morgan fingerprint density at radius 3 is 2.83 bits per heavy atom. The minimum absolute atomic E-state index is 0.333. The van der Waals surface area contributed by atoms with Crippen LogP contribution in [0, 0.1) is 0 Å². The number of thiocarbonyl (C=S) groups is 1. The maximum absolute atomic E-state index is 11.0. The van der Waals surface area contributed by atoms with Gasteiger partial charge >= 0.3 is 5.97 Å². The normalized spacial score (nSPS) is 11.5. The first-order valence-electron chi connectivity index (χ1n) is 3.91. The smallest absolute Gasteiger partial charge is 0.331 e. The number of isothiocyanates is 1. The number of rotatable bonds is 5. The van der Waals surface area contributed by atoms with Gasteiger partial charge in [-0.05, 0) is 18.6 Å². The summed E-state index contributed by atoms with van der Waals surface area (Å²) in [6, 6.07) is -0.451. The van der Waals surface area contributed by atoms with E-state index in [2.05, 4.69) is 34.0 Å². The topological polar surface area (TPSA) is 38.7 Å². The van der Waals surface area contributed by atoms with E-state index in [0.29, 0.717) is 6.42 Å². The van der Waals surface area contributed by atoms with Crippen LogP contribution in [-0.2, 0) is 9.53 Å². The summed E-state index contributed by atoms with van der Waals surface area (Å²) < 4.78 is 4.54. The molecule has 1 atom stereocenters. The fourth-order valence-corrected chi connectivity index (χ4v) is 0.959. The maximum Gasteiger partial charge on any atom is 0.331 e. The predicted molar refractivity (Wildman–Crippen MR) is 50.4 cm³/mol. The molecule has 0 spiro atoms. The van der Waals surface area contributed by atoms with Gasteiger partial charge in [0.15, 0.2) is 6.04 Å². The summed E-state index contributed by atoms with van der Waals surface area (Å²) in [6.45, 7) is 2.05. The van der Waals surface area contributed by atoms with Crippen molar-refractivity contribution in [1.82, 2.24) is 0 Å². The van der Waals surface area contributed by atoms with Gasteiger partial charge in [0.1, 0.15) is 0 Å². The van der Waals surface area contributed by atoms with Crippen molar-refractivity contribution in [2.75, 3.05) is 7.11 Å². The molecule has 0 fully saturated rings. The summed E-state index contributed by atoms with van der Waals surface area (Å²) in [5.74, 6) is -0.333. The summed E-state index contributed by atoms with van der Waals surface area (Å²) in [5.41, 5.74) is 0. The molecule has 0 aliphatic heterocycles. The van der Waals surface area contributed by atoms with Crippen LogP contribution in [0.4, 0.5) is 0 Å². The van der Waals surface area contributed by atoms with E-state index in [1.54, 1.807) is 0 Å². The van der Waals surface area contributed by atoms with Crippen molar-refractivity contribution in [1.29, 1.82) is 0 Å². The molecular weight excluding hydrogens is 174 g/mol. The molecule has 0 rings (SSSR count). The van der Waals surface area contributed by atoms with Crippen LogP contribution < -0.4 is 0 Å². The van der Waals surface area contributed by atoms with Crippen LogP contribution in [0.5, 0.6) is 0 Å². The molecule has 0 aliphatic rings. The Balaban J connectivity index is 4.03. The fraction of sp³-hybridized carbons (Fsp3) is 0.750. The SMILES string of the molecule is CCCC[C@@H](N=C=S)C(=O)OC. The Labute approximate surface area is 77.8 Å². The highest BCUT2D eigenvalue weighted by atomic mass is 32.1. The number of nitrogens with zero attached hydrogens (tertiary/aromatic N) is 1. The summed E-state index contributed by atoms with van der Waals surface area (Å²) in [4.78, 5) is 14.7. The molecule has 0 aromatic carbocycles. The highest BCUT2D eigenvalue weighted by Gasteiger charge is 2.16. The predicted octanol–water partition coefficient (Wildman–Crippen LogP) is 1.82. The van der Waals surface area contributed by atoms with Gasteiger partial charge in [0, 0.05) is 0 Å². The van der Waals surface area contributed by atoms with Gasteiger partial charge < -0.3 is 4.74 Å². The quantitative estimate of drug-likeness (QED) is 0.374. The molecule has 0 bridgehead atoms. The average Bonchev–Trinajstić information content (AvgIpc) is 2.11. The van der Waals surface area contributed by atoms with Crippen LogP contribution in [0.25, 0.3) is 0 Å². The van der Waals surface area contributed by atoms with Gasteiger partial charge in [0.2, 0.25) is 0 Å². The van der Waals surface area contributed by atoms with E-state index < -0.39 is 6.04 Å². The number of hydrogen-bond acceptors (Lipinski definition) is 4. The number of hydrogen-bond donors (Lipinski definition) is 0. The van der Waals surface area contributed by atoms with E-state index in [4.69, 9.17) is 0 Å². The van der Waals surface area contributed by atoms with E-state index >= 15 is 0 Å². The van der Waals surface area contributed by atoms with Gasteiger partial charge in [-0.25, -0.2) is 9.79 Å². The number of methoxy groups -OCH3 is 1. The molecular formula is C8H13NO2S. The summed E-state index contributed by atoms with van der Waals surface area (Å²) in [5, 5.41) is 2.20. The van der Waals surface area contributed by atoms with E-state index in [0.717, 1.165) is 12.8 Å². The van der Waals surface area contributed by atoms with Crippen molar-refractivity contribution < 1.29 is 9.53 Å². The van der Waals surface area contributed by atoms with Crippen LogP contribution in [-0.4, -0.2) is 24.3 Å². The number of unbranched alkanes of at least 4 members (excludes halogenated alkanes) is 1. The number of ether oxygens (including phenoxy) is 1. The van der Waals surface area contributed by atoms with Gasteiger partial charge in [-0.1, -0.05) is 19.8 Å². The molecule has 4 heteroatoms. The van der Waals surface area contributed by atoms with Crippen molar-refractivity contribution in [3.63, 3.8) is 0 Å². The lowest BCUT2D eigenvalue weighted by molar-refractivity contribution is -0.142. The second kappa shape index (κ2) is 6.95. The lowest BCUT2D eigenvalue weighted by Crippen LogP contribution is -2.19. The second-order valence-electron chi connectivity index (χ2n) is 2.40. The Bertz CT molecular complexity index is 187. The van der Waals surface area contributed by atoms with Crippen molar-refractivity contribution in [2.24, 2.45) is 4.99 Å². The van der Waals surface area contributed by atoms with Crippen molar-refractivity contribution in [3.05, 3.63) is 0 Å². The van der Waals surface area contributed by atoms with Crippen LogP contribution in [0.3, 0.4) is 0 Å². The lowest BCUT2D eigenvalue weighted by Gasteiger charge is -2.06. The standard InChI is InChI=1S/C8H13NO2S/c1-3-4-5-7(9-6-12)8(10)11-2/h7H,3-5H2,1-2H3/t7-/m1/s1. The van der Waals surface area contributed by atoms with Gasteiger partial charge in [0.05, 0.1) is 12.3 Å². The zero-order valence-corrected chi connectivity index (χ0v) is 8.19. The number of carbonyl (C=O) groups is 1. The van der Waals surface area contributed by atoms with Crippen LogP contribution in [0.15, 0.2) is 4.99 Å². The first-order chi connectivity index (χ1) is 5.76. The zero-order chi connectivity index (χ0) is 9.40. The van der Waals surface area contributed by atoms with Crippen LogP contribution in [0.1, 0.15) is 26.2 Å². The summed E-state index contributed by atoms with van der Waals surface area (Å²) in [6.07, 6.45) is 2.66. The zero-order valence-electron chi connectivity index (χ0n) is 7.37. The molecule has 0 aliphatic carbocycles. The Morgan fingerprint density at radius 1 is 1.75 bits per heavy atom. The molecule has 0 N–H and O–H groups in total. The average molecular weight is 187 g/mol. The molecule has 3 nitrogen and oxygen atoms in total. The molecule has 12 heavy (non-hydrogen) atoms. The monoisotopic (exact) mass is 187 g/mol. The van der Waals surface area contributed by atoms with Crippen molar-refractivity contribution in [3.8, 4) is 0 Å². The molecule has 0 heterocycles. The van der Waals surface area contributed by atoms with Gasteiger partial charge in [-0.3, -0.25) is 0 Å². The second-order valence-corrected chi connectivity index (χ2v) is 2.58. The minimum Gasteiger partial charge on any atom is -0.467 e. The summed E-state index contributed by atoms with van der Waals surface area (Å²) in [7, 11) is 1.35. The lowest BCUT2D eigenvalue weighted by atomic mass is 10.1. The van der Waals surface area contributed by atoms with Gasteiger partial charge in [-0.15, -0.1) is 0 Å². The molecule has 0 unspecified atom stereocenters. The molecule has 0 saturated carbocycles. The van der Waals surface area contributed by atoms with Gasteiger partial charge in [-0.2, -0.15) is 0 Å². The summed E-state index contributed by atoms with van der Waals surface area (Å²) >= 11 is 4.42. The van der Waals surface area contributed by atoms with E-state index in [1.165, 1.54) is 7.11 Å². The molecule has 0 radical (unpaired) electrons. The highest BCUT2D eigenvalue weighted by molar-refractivity contribution is 7.78. The maximum atomic E-state index is 11.0. The fourth-order valence-electron chi connectivity index (χ4n) is 0.832. The van der Waals surface area contributed by atoms with E-state index in [1.807, 2.05) is 0 Å². The molecule has 0 amide bonds. The highest BCUT2D eigenvalue weighted by Crippen LogP contribution is 2.05. The minimum atomic E-state index is -0.451. The van der Waals surface area contributed by atoms with Crippen molar-refractivity contribution in [2.45, 2.75) is 32.2 Å². The number of esters is 1. The number of aliphatic imine (C=N–C) groups is 1. The van der Waals surface area contributed by atoms with Gasteiger partial charge in [0.25, 0.3) is 0 Å². The first-order valence-corrected chi connectivity index (χ1v) is 4.31. The third kappa shape index (κ3) is 4.21. The largest absolute Gasteiger partial charge is 0.467 e. The first kappa shape index (κ1) is 11.3. The van der Waals surface area contributed by atoms with E-state index in [9.17, 15) is 4.79 Å². The van der Waals surface area contributed by atoms with Crippen molar-refractivity contribution >= 4 is 23.3 Å². The van der Waals surface area contributed by atoms with Crippen LogP contribution in [0.2, 0.25) is 0 Å². The third-order valence-corrected chi connectivity index (χ3v) is 1.62. The molecule has 0 aromatic rings. The number of carbonyl (C=O) groups excluding carboxylic acids is 1.